The standard InChI is InChI=1S/C14H19BrN2O5S/c1-21-12-4-3-10(15)9-13(12)23(19,20)16-11-5-7-17(8-6-11)14(18)22-2/h3-4,9,11,16H,5-8H2,1-2H3. The summed E-state index contributed by atoms with van der Waals surface area (Å²) in [5.41, 5.74) is 0. The maximum atomic E-state index is 12.6. The fraction of sp³-hybridized carbons (Fsp3) is 0.500. The number of piperidine rings is 1. The van der Waals surface area contributed by atoms with Crippen LogP contribution in [0.1, 0.15) is 12.8 Å². The number of methoxy groups -OCH3 is 2. The van der Waals surface area contributed by atoms with Gasteiger partial charge < -0.3 is 14.4 Å². The highest BCUT2D eigenvalue weighted by molar-refractivity contribution is 9.10. The van der Waals surface area contributed by atoms with Crippen molar-refractivity contribution in [2.75, 3.05) is 27.3 Å². The van der Waals surface area contributed by atoms with Crippen LogP contribution < -0.4 is 9.46 Å². The molecule has 1 aromatic rings. The number of carbonyl (C=O) groups is 1. The van der Waals surface area contributed by atoms with Crippen LogP contribution in [0.2, 0.25) is 0 Å². The van der Waals surface area contributed by atoms with E-state index in [9.17, 15) is 13.2 Å². The highest BCUT2D eigenvalue weighted by atomic mass is 79.9. The van der Waals surface area contributed by atoms with Crippen molar-refractivity contribution in [3.8, 4) is 5.75 Å². The van der Waals surface area contributed by atoms with E-state index >= 15 is 0 Å². The number of amides is 1. The first-order valence-electron chi connectivity index (χ1n) is 7.06. The van der Waals surface area contributed by atoms with Gasteiger partial charge in [0.25, 0.3) is 0 Å². The quantitative estimate of drug-likeness (QED) is 0.825. The van der Waals surface area contributed by atoms with Crippen LogP contribution in [0, 0.1) is 0 Å². The van der Waals surface area contributed by atoms with Crippen LogP contribution in [0.5, 0.6) is 5.75 Å². The second kappa shape index (κ2) is 7.50. The molecular formula is C14H19BrN2O5S. The lowest BCUT2D eigenvalue weighted by atomic mass is 10.1. The Bertz CT molecular complexity index is 672. The molecule has 0 bridgehead atoms. The SMILES string of the molecule is COC(=O)N1CCC(NS(=O)(=O)c2cc(Br)ccc2OC)CC1. The molecule has 128 valence electrons. The molecule has 1 heterocycles. The van der Waals surface area contributed by atoms with Crippen LogP contribution in [0.15, 0.2) is 27.6 Å². The van der Waals surface area contributed by atoms with Crippen molar-refractivity contribution in [1.29, 1.82) is 0 Å². The smallest absolute Gasteiger partial charge is 0.409 e. The Morgan fingerprint density at radius 1 is 1.30 bits per heavy atom. The van der Waals surface area contributed by atoms with Gasteiger partial charge in [-0.2, -0.15) is 0 Å². The second-order valence-electron chi connectivity index (χ2n) is 5.15. The summed E-state index contributed by atoms with van der Waals surface area (Å²) in [6.07, 6.45) is 0.676. The fourth-order valence-electron chi connectivity index (χ4n) is 2.45. The number of halogens is 1. The van der Waals surface area contributed by atoms with E-state index in [4.69, 9.17) is 4.74 Å². The van der Waals surface area contributed by atoms with Gasteiger partial charge in [0.05, 0.1) is 14.2 Å². The van der Waals surface area contributed by atoms with Crippen molar-refractivity contribution < 1.29 is 22.7 Å². The first kappa shape index (κ1) is 18.0. The second-order valence-corrected chi connectivity index (χ2v) is 7.75. The normalized spacial score (nSPS) is 16.2. The monoisotopic (exact) mass is 406 g/mol. The molecule has 0 spiro atoms. The molecule has 0 aliphatic carbocycles. The third-order valence-electron chi connectivity index (χ3n) is 3.66. The molecule has 0 atom stereocenters. The largest absolute Gasteiger partial charge is 0.495 e. The van der Waals surface area contributed by atoms with Crippen LogP contribution in [-0.2, 0) is 14.8 Å². The summed E-state index contributed by atoms with van der Waals surface area (Å²) in [7, 11) is -0.950. The minimum Gasteiger partial charge on any atom is -0.495 e. The number of carbonyl (C=O) groups excluding carboxylic acids is 1. The van der Waals surface area contributed by atoms with Gasteiger partial charge >= 0.3 is 6.09 Å². The van der Waals surface area contributed by atoms with Gasteiger partial charge in [-0.15, -0.1) is 0 Å². The van der Waals surface area contributed by atoms with Crippen molar-refractivity contribution in [3.63, 3.8) is 0 Å². The molecular weight excluding hydrogens is 388 g/mol. The number of hydrogen-bond acceptors (Lipinski definition) is 5. The van der Waals surface area contributed by atoms with E-state index in [-0.39, 0.29) is 22.8 Å². The van der Waals surface area contributed by atoms with Gasteiger partial charge in [0.15, 0.2) is 0 Å². The van der Waals surface area contributed by atoms with Crippen LogP contribution in [-0.4, -0.2) is 52.8 Å². The van der Waals surface area contributed by atoms with E-state index in [1.54, 1.807) is 17.0 Å². The minimum absolute atomic E-state index is 0.0878. The van der Waals surface area contributed by atoms with Gasteiger partial charge in [0, 0.05) is 23.6 Å². The van der Waals surface area contributed by atoms with Crippen molar-refractivity contribution in [2.45, 2.75) is 23.8 Å². The highest BCUT2D eigenvalue weighted by Gasteiger charge is 2.28. The molecule has 1 aliphatic heterocycles. The Morgan fingerprint density at radius 3 is 2.52 bits per heavy atom. The Hall–Kier alpha value is -1.32. The molecule has 7 nitrogen and oxygen atoms in total. The van der Waals surface area contributed by atoms with Crippen LogP contribution in [0.3, 0.4) is 0 Å². The lowest BCUT2D eigenvalue weighted by Gasteiger charge is -2.31. The van der Waals surface area contributed by atoms with Gasteiger partial charge in [-0.3, -0.25) is 0 Å². The average Bonchev–Trinajstić information content (AvgIpc) is 2.54. The molecule has 1 N–H and O–H groups in total. The third-order valence-corrected chi connectivity index (χ3v) is 5.70. The number of sulfonamides is 1. The number of ether oxygens (including phenoxy) is 2. The van der Waals surface area contributed by atoms with Crippen molar-refractivity contribution in [2.24, 2.45) is 0 Å². The van der Waals surface area contributed by atoms with E-state index in [1.165, 1.54) is 20.3 Å². The third kappa shape index (κ3) is 4.36. The van der Waals surface area contributed by atoms with Crippen molar-refractivity contribution >= 4 is 32.0 Å². The first-order valence-corrected chi connectivity index (χ1v) is 9.33. The summed E-state index contributed by atoms with van der Waals surface area (Å²) in [6.45, 7) is 0.908. The highest BCUT2D eigenvalue weighted by Crippen LogP contribution is 2.28. The van der Waals surface area contributed by atoms with E-state index in [0.717, 1.165) is 0 Å². The zero-order chi connectivity index (χ0) is 17.0. The zero-order valence-electron chi connectivity index (χ0n) is 12.9. The fourth-order valence-corrected chi connectivity index (χ4v) is 4.46. The number of hydrogen-bond donors (Lipinski definition) is 1. The summed E-state index contributed by atoms with van der Waals surface area (Å²) in [6, 6.07) is 4.58. The molecule has 1 aliphatic rings. The van der Waals surface area contributed by atoms with Crippen molar-refractivity contribution in [1.82, 2.24) is 9.62 Å². The lowest BCUT2D eigenvalue weighted by Crippen LogP contribution is -2.46. The average molecular weight is 407 g/mol. The number of likely N-dealkylation sites (tertiary alicyclic amines) is 1. The first-order chi connectivity index (χ1) is 10.9. The summed E-state index contributed by atoms with van der Waals surface area (Å²) < 4.78 is 38.3. The van der Waals surface area contributed by atoms with E-state index in [2.05, 4.69) is 25.4 Å². The van der Waals surface area contributed by atoms with Gasteiger partial charge in [0.1, 0.15) is 10.6 Å². The van der Waals surface area contributed by atoms with E-state index < -0.39 is 10.0 Å². The Balaban J connectivity index is 2.08. The molecule has 0 aromatic heterocycles. The molecule has 23 heavy (non-hydrogen) atoms. The number of nitrogens with zero attached hydrogens (tertiary/aromatic N) is 1. The Kier molecular flexibility index (Phi) is 5.88. The summed E-state index contributed by atoms with van der Waals surface area (Å²) >= 11 is 3.27. The molecule has 9 heteroatoms. The van der Waals surface area contributed by atoms with Crippen LogP contribution >= 0.6 is 15.9 Å². The summed E-state index contributed by atoms with van der Waals surface area (Å²) in [5, 5.41) is 0. The maximum Gasteiger partial charge on any atom is 0.409 e. The summed E-state index contributed by atoms with van der Waals surface area (Å²) in [5.74, 6) is 0.285. The summed E-state index contributed by atoms with van der Waals surface area (Å²) in [4.78, 5) is 13.1. The predicted molar refractivity (Wildman–Crippen MR) is 88.0 cm³/mol. The number of rotatable bonds is 4. The van der Waals surface area contributed by atoms with E-state index in [0.29, 0.717) is 30.4 Å². The minimum atomic E-state index is -3.71. The van der Waals surface area contributed by atoms with Crippen molar-refractivity contribution in [3.05, 3.63) is 22.7 Å². The molecule has 2 rings (SSSR count). The van der Waals surface area contributed by atoms with Gasteiger partial charge in [-0.25, -0.2) is 17.9 Å². The zero-order valence-corrected chi connectivity index (χ0v) is 15.3. The number of nitrogens with one attached hydrogen (secondary N) is 1. The molecule has 0 radical (unpaired) electrons. The molecule has 0 saturated carbocycles. The van der Waals surface area contributed by atoms with Gasteiger partial charge in [-0.05, 0) is 31.0 Å². The topological polar surface area (TPSA) is 84.9 Å². The van der Waals surface area contributed by atoms with Gasteiger partial charge in [-0.1, -0.05) is 15.9 Å². The predicted octanol–water partition coefficient (Wildman–Crippen LogP) is 1.97. The van der Waals surface area contributed by atoms with Crippen LogP contribution in [0.4, 0.5) is 4.79 Å². The molecule has 1 aromatic carbocycles. The molecule has 1 amide bonds. The van der Waals surface area contributed by atoms with Gasteiger partial charge in [0.2, 0.25) is 10.0 Å². The van der Waals surface area contributed by atoms with Crippen LogP contribution in [0.25, 0.3) is 0 Å². The maximum absolute atomic E-state index is 12.6. The lowest BCUT2D eigenvalue weighted by molar-refractivity contribution is 0.111. The number of benzene rings is 1. The molecule has 1 saturated heterocycles. The Morgan fingerprint density at radius 2 is 1.96 bits per heavy atom. The van der Waals surface area contributed by atoms with E-state index in [1.807, 2.05) is 0 Å². The Labute approximate surface area is 144 Å². The molecule has 1 fully saturated rings. The molecule has 0 unspecified atom stereocenters.